The Morgan fingerprint density at radius 1 is 1.04 bits per heavy atom. The predicted octanol–water partition coefficient (Wildman–Crippen LogP) is 3.09. The van der Waals surface area contributed by atoms with Crippen molar-refractivity contribution in [3.05, 3.63) is 64.1 Å². The molecule has 6 heteroatoms. The van der Waals surface area contributed by atoms with Crippen molar-refractivity contribution in [3.63, 3.8) is 0 Å². The van der Waals surface area contributed by atoms with E-state index in [9.17, 15) is 0 Å². The predicted molar refractivity (Wildman–Crippen MR) is 105 cm³/mol. The second-order valence-corrected chi connectivity index (χ2v) is 7.16. The van der Waals surface area contributed by atoms with E-state index in [0.717, 1.165) is 43.5 Å². The van der Waals surface area contributed by atoms with Gasteiger partial charge in [-0.2, -0.15) is 0 Å². The molecule has 126 valence electrons. The van der Waals surface area contributed by atoms with Crippen LogP contribution in [0.4, 0.5) is 5.69 Å². The van der Waals surface area contributed by atoms with Crippen molar-refractivity contribution in [1.29, 1.82) is 0 Å². The summed E-state index contributed by atoms with van der Waals surface area (Å²) in [6, 6.07) is 16.1. The second kappa shape index (κ2) is 8.17. The zero-order valence-electron chi connectivity index (χ0n) is 13.3. The Morgan fingerprint density at radius 3 is 2.42 bits per heavy atom. The summed E-state index contributed by atoms with van der Waals surface area (Å²) in [7, 11) is 0. The summed E-state index contributed by atoms with van der Waals surface area (Å²) in [5.41, 5.74) is 2.26. The van der Waals surface area contributed by atoms with Gasteiger partial charge in [-0.15, -0.1) is 0 Å². The molecule has 0 unspecified atom stereocenters. The minimum atomic E-state index is 0.529. The lowest BCUT2D eigenvalue weighted by molar-refractivity contribution is -0.917. The van der Waals surface area contributed by atoms with Crippen LogP contribution in [0.25, 0.3) is 0 Å². The van der Waals surface area contributed by atoms with Gasteiger partial charge >= 0.3 is 0 Å². The van der Waals surface area contributed by atoms with Crippen LogP contribution in [0.5, 0.6) is 0 Å². The van der Waals surface area contributed by atoms with E-state index in [2.05, 4.69) is 40.5 Å². The molecule has 1 saturated heterocycles. The molecular formula is C18H20Cl2N3S+. The van der Waals surface area contributed by atoms with Gasteiger partial charge in [-0.3, -0.25) is 0 Å². The molecule has 0 saturated carbocycles. The third-order valence-electron chi connectivity index (χ3n) is 4.23. The Balaban J connectivity index is 1.50. The van der Waals surface area contributed by atoms with Gasteiger partial charge in [0.25, 0.3) is 0 Å². The fraction of sp³-hybridized carbons (Fsp3) is 0.278. The zero-order valence-corrected chi connectivity index (χ0v) is 15.6. The van der Waals surface area contributed by atoms with Gasteiger partial charge in [0.05, 0.1) is 36.2 Å². The summed E-state index contributed by atoms with van der Waals surface area (Å²) in [5.74, 6) is 0. The number of nitrogens with zero attached hydrogens (tertiary/aromatic N) is 1. The number of piperazine rings is 1. The van der Waals surface area contributed by atoms with Crippen molar-refractivity contribution in [3.8, 4) is 0 Å². The summed E-state index contributed by atoms with van der Waals surface area (Å²) in [5, 5.41) is 5.07. The normalized spacial score (nSPS) is 15.3. The molecule has 0 aromatic heterocycles. The van der Waals surface area contributed by atoms with Crippen molar-refractivity contribution in [1.82, 2.24) is 4.90 Å². The first kappa shape index (κ1) is 17.5. The Kier molecular flexibility index (Phi) is 5.95. The lowest BCUT2D eigenvalue weighted by atomic mass is 10.2. The van der Waals surface area contributed by atoms with Crippen LogP contribution >= 0.6 is 35.4 Å². The molecule has 1 aliphatic heterocycles. The van der Waals surface area contributed by atoms with Gasteiger partial charge in [0.2, 0.25) is 0 Å². The van der Waals surface area contributed by atoms with Gasteiger partial charge in [-0.1, -0.05) is 53.5 Å². The number of anilines is 1. The van der Waals surface area contributed by atoms with Crippen molar-refractivity contribution in [2.75, 3.05) is 31.5 Å². The number of hydrogen-bond acceptors (Lipinski definition) is 1. The van der Waals surface area contributed by atoms with E-state index in [1.54, 1.807) is 17.0 Å². The van der Waals surface area contributed by atoms with Gasteiger partial charge in [-0.25, -0.2) is 0 Å². The van der Waals surface area contributed by atoms with Gasteiger partial charge in [-0.05, 0) is 30.4 Å². The molecule has 2 aromatic carbocycles. The van der Waals surface area contributed by atoms with Crippen LogP contribution in [-0.2, 0) is 6.54 Å². The number of hydrogen-bond donors (Lipinski definition) is 2. The lowest BCUT2D eigenvalue weighted by Gasteiger charge is -2.34. The molecule has 2 aromatic rings. The topological polar surface area (TPSA) is 19.7 Å². The van der Waals surface area contributed by atoms with Crippen LogP contribution in [0.3, 0.4) is 0 Å². The highest BCUT2D eigenvalue weighted by Gasteiger charge is 2.21. The number of thiocarbonyl (C=S) groups is 1. The number of nitrogens with one attached hydrogen (secondary N) is 2. The van der Waals surface area contributed by atoms with E-state index in [4.69, 9.17) is 35.4 Å². The Bertz CT molecular complexity index is 701. The van der Waals surface area contributed by atoms with E-state index in [1.165, 1.54) is 5.56 Å². The van der Waals surface area contributed by atoms with Crippen LogP contribution in [0, 0.1) is 0 Å². The molecule has 1 fully saturated rings. The molecular weight excluding hydrogens is 361 g/mol. The minimum Gasteiger partial charge on any atom is -0.338 e. The number of halogens is 2. The second-order valence-electron chi connectivity index (χ2n) is 5.96. The highest BCUT2D eigenvalue weighted by molar-refractivity contribution is 7.80. The average Bonchev–Trinajstić information content (AvgIpc) is 2.60. The molecule has 0 amide bonds. The van der Waals surface area contributed by atoms with Gasteiger partial charge in [0, 0.05) is 11.3 Å². The summed E-state index contributed by atoms with van der Waals surface area (Å²) >= 11 is 17.5. The average molecular weight is 381 g/mol. The first-order valence-corrected chi connectivity index (χ1v) is 9.17. The van der Waals surface area contributed by atoms with Crippen molar-refractivity contribution >= 4 is 46.2 Å². The summed E-state index contributed by atoms with van der Waals surface area (Å²) in [4.78, 5) is 3.81. The van der Waals surface area contributed by atoms with E-state index < -0.39 is 0 Å². The van der Waals surface area contributed by atoms with Crippen LogP contribution in [-0.4, -0.2) is 36.2 Å². The molecule has 0 radical (unpaired) electrons. The molecule has 0 bridgehead atoms. The standard InChI is InChI=1S/C18H19Cl2N3S/c19-16-7-6-15(12-17(16)20)21-18(24)23-10-8-22(9-11-23)13-14-4-2-1-3-5-14/h1-7,12H,8-11,13H2,(H,21,24)/p+1. The molecule has 0 spiro atoms. The Morgan fingerprint density at radius 2 is 1.75 bits per heavy atom. The van der Waals surface area contributed by atoms with Gasteiger partial charge in [0.1, 0.15) is 6.54 Å². The maximum Gasteiger partial charge on any atom is 0.173 e. The molecule has 1 heterocycles. The maximum absolute atomic E-state index is 6.05. The van der Waals surface area contributed by atoms with E-state index in [-0.39, 0.29) is 0 Å². The van der Waals surface area contributed by atoms with Crippen molar-refractivity contribution < 1.29 is 4.90 Å². The van der Waals surface area contributed by atoms with Crippen LogP contribution < -0.4 is 10.2 Å². The van der Waals surface area contributed by atoms with E-state index in [1.807, 2.05) is 6.07 Å². The third kappa shape index (κ3) is 4.61. The molecule has 3 rings (SSSR count). The number of benzene rings is 2. The summed E-state index contributed by atoms with van der Waals surface area (Å²) < 4.78 is 0. The quantitative estimate of drug-likeness (QED) is 0.798. The van der Waals surface area contributed by atoms with Crippen LogP contribution in [0.2, 0.25) is 10.0 Å². The zero-order chi connectivity index (χ0) is 16.9. The molecule has 2 N–H and O–H groups in total. The fourth-order valence-electron chi connectivity index (χ4n) is 2.86. The van der Waals surface area contributed by atoms with Gasteiger partial charge < -0.3 is 15.1 Å². The smallest absolute Gasteiger partial charge is 0.173 e. The Labute approximate surface area is 158 Å². The monoisotopic (exact) mass is 380 g/mol. The Hall–Kier alpha value is -1.33. The summed E-state index contributed by atoms with van der Waals surface area (Å²) in [6.07, 6.45) is 0. The third-order valence-corrected chi connectivity index (χ3v) is 5.32. The highest BCUT2D eigenvalue weighted by Crippen LogP contribution is 2.25. The van der Waals surface area contributed by atoms with Crippen molar-refractivity contribution in [2.45, 2.75) is 6.54 Å². The SMILES string of the molecule is S=C(Nc1ccc(Cl)c(Cl)c1)N1CC[NH+](Cc2ccccc2)CC1. The summed E-state index contributed by atoms with van der Waals surface area (Å²) in [6.45, 7) is 5.14. The number of quaternary nitrogens is 1. The molecule has 24 heavy (non-hydrogen) atoms. The largest absolute Gasteiger partial charge is 0.338 e. The maximum atomic E-state index is 6.05. The van der Waals surface area contributed by atoms with Crippen molar-refractivity contribution in [2.24, 2.45) is 0 Å². The van der Waals surface area contributed by atoms with E-state index >= 15 is 0 Å². The van der Waals surface area contributed by atoms with Crippen LogP contribution in [0.1, 0.15) is 5.56 Å². The molecule has 0 aliphatic carbocycles. The number of rotatable bonds is 3. The first-order chi connectivity index (χ1) is 11.6. The molecule has 1 aliphatic rings. The first-order valence-electron chi connectivity index (χ1n) is 8.00. The minimum absolute atomic E-state index is 0.529. The molecule has 3 nitrogen and oxygen atoms in total. The lowest BCUT2D eigenvalue weighted by Crippen LogP contribution is -3.13. The van der Waals surface area contributed by atoms with Gasteiger partial charge in [0.15, 0.2) is 5.11 Å². The fourth-order valence-corrected chi connectivity index (χ4v) is 3.46. The molecule has 0 atom stereocenters. The van der Waals surface area contributed by atoms with Crippen LogP contribution in [0.15, 0.2) is 48.5 Å². The highest BCUT2D eigenvalue weighted by atomic mass is 35.5. The van der Waals surface area contributed by atoms with E-state index in [0.29, 0.717) is 10.0 Å².